The fourth-order valence-electron chi connectivity index (χ4n) is 2.09. The second-order valence-electron chi connectivity index (χ2n) is 4.31. The molecule has 0 radical (unpaired) electrons. The van der Waals surface area contributed by atoms with Crippen molar-refractivity contribution in [2.24, 2.45) is 0 Å². The zero-order valence-electron chi connectivity index (χ0n) is 9.45. The van der Waals surface area contributed by atoms with Gasteiger partial charge in [0.15, 0.2) is 0 Å². The Morgan fingerprint density at radius 3 is 2.88 bits per heavy atom. The number of benzene rings is 1. The maximum absolute atomic E-state index is 12.2. The third-order valence-electron chi connectivity index (χ3n) is 3.03. The molecule has 0 spiro atoms. The molecule has 0 bridgehead atoms. The number of carbonyl (C=O) groups is 1. The molecule has 2 nitrogen and oxygen atoms in total. The largest absolute Gasteiger partial charge is 0.337 e. The molecule has 1 aromatic carbocycles. The molecular formula is C13H16ClNO. The highest BCUT2D eigenvalue weighted by atomic mass is 35.5. The minimum atomic E-state index is 0.113. The van der Waals surface area contributed by atoms with Gasteiger partial charge < -0.3 is 4.90 Å². The van der Waals surface area contributed by atoms with E-state index in [1.54, 1.807) is 0 Å². The second kappa shape index (κ2) is 4.88. The predicted molar refractivity (Wildman–Crippen MR) is 66.0 cm³/mol. The van der Waals surface area contributed by atoms with Crippen LogP contribution < -0.4 is 0 Å². The number of halogens is 1. The van der Waals surface area contributed by atoms with E-state index in [0.717, 1.165) is 30.5 Å². The van der Waals surface area contributed by atoms with E-state index in [0.29, 0.717) is 6.54 Å². The van der Waals surface area contributed by atoms with E-state index >= 15 is 0 Å². The van der Waals surface area contributed by atoms with Crippen LogP contribution >= 0.6 is 11.6 Å². The highest BCUT2D eigenvalue weighted by molar-refractivity contribution is 6.21. The number of rotatable bonds is 1. The molecule has 1 amide bonds. The topological polar surface area (TPSA) is 20.3 Å². The van der Waals surface area contributed by atoms with Crippen molar-refractivity contribution in [1.82, 2.24) is 4.90 Å². The lowest BCUT2D eigenvalue weighted by Crippen LogP contribution is -2.40. The van der Waals surface area contributed by atoms with E-state index in [1.165, 1.54) is 0 Å². The molecule has 0 aromatic heterocycles. The van der Waals surface area contributed by atoms with E-state index in [9.17, 15) is 4.79 Å². The second-order valence-corrected chi connectivity index (χ2v) is 4.92. The third-order valence-corrected chi connectivity index (χ3v) is 3.38. The van der Waals surface area contributed by atoms with E-state index < -0.39 is 0 Å². The van der Waals surface area contributed by atoms with Crippen LogP contribution in [0, 0.1) is 6.92 Å². The van der Waals surface area contributed by atoms with Gasteiger partial charge in [-0.25, -0.2) is 0 Å². The molecule has 1 heterocycles. The summed E-state index contributed by atoms with van der Waals surface area (Å²) in [5.74, 6) is 0.114. The highest BCUT2D eigenvalue weighted by Gasteiger charge is 2.23. The quantitative estimate of drug-likeness (QED) is 0.688. The Labute approximate surface area is 101 Å². The van der Waals surface area contributed by atoms with Gasteiger partial charge in [0, 0.05) is 18.7 Å². The fourth-order valence-corrected chi connectivity index (χ4v) is 2.41. The Morgan fingerprint density at radius 1 is 1.44 bits per heavy atom. The number of nitrogens with zero attached hydrogens (tertiary/aromatic N) is 1. The number of piperidine rings is 1. The number of alkyl halides is 1. The van der Waals surface area contributed by atoms with Crippen molar-refractivity contribution in [2.45, 2.75) is 25.1 Å². The maximum atomic E-state index is 12.2. The lowest BCUT2D eigenvalue weighted by molar-refractivity contribution is 0.0726. The van der Waals surface area contributed by atoms with Gasteiger partial charge in [-0.3, -0.25) is 4.79 Å². The standard InChI is InChI=1S/C13H16ClNO/c1-10-5-2-3-7-12(10)13(16)15-8-4-6-11(14)9-15/h2-3,5,7,11H,4,6,8-9H2,1H3. The molecule has 2 rings (SSSR count). The molecule has 1 atom stereocenters. The number of likely N-dealkylation sites (tertiary alicyclic amines) is 1. The summed E-state index contributed by atoms with van der Waals surface area (Å²) in [5, 5.41) is 0.113. The van der Waals surface area contributed by atoms with Gasteiger partial charge in [-0.05, 0) is 31.4 Å². The van der Waals surface area contributed by atoms with Crippen molar-refractivity contribution in [3.8, 4) is 0 Å². The Morgan fingerprint density at radius 2 is 2.19 bits per heavy atom. The van der Waals surface area contributed by atoms with Gasteiger partial charge in [0.25, 0.3) is 5.91 Å². The third kappa shape index (κ3) is 2.38. The van der Waals surface area contributed by atoms with Gasteiger partial charge in [0.05, 0.1) is 5.38 Å². The summed E-state index contributed by atoms with van der Waals surface area (Å²) < 4.78 is 0. The minimum Gasteiger partial charge on any atom is -0.337 e. The Bertz CT molecular complexity index is 391. The van der Waals surface area contributed by atoms with Crippen molar-refractivity contribution in [3.63, 3.8) is 0 Å². The Hall–Kier alpha value is -1.02. The first-order valence-corrected chi connectivity index (χ1v) is 6.11. The average molecular weight is 238 g/mol. The summed E-state index contributed by atoms with van der Waals surface area (Å²) in [4.78, 5) is 14.1. The van der Waals surface area contributed by atoms with Crippen molar-refractivity contribution < 1.29 is 4.79 Å². The average Bonchev–Trinajstić information content (AvgIpc) is 2.29. The number of hydrogen-bond donors (Lipinski definition) is 0. The number of hydrogen-bond acceptors (Lipinski definition) is 1. The molecule has 1 fully saturated rings. The molecule has 0 saturated carbocycles. The van der Waals surface area contributed by atoms with Crippen molar-refractivity contribution in [2.75, 3.05) is 13.1 Å². The summed E-state index contributed by atoms with van der Waals surface area (Å²) in [6.45, 7) is 3.47. The first-order valence-electron chi connectivity index (χ1n) is 5.67. The molecule has 1 saturated heterocycles. The van der Waals surface area contributed by atoms with Crippen LogP contribution in [-0.2, 0) is 0 Å². The van der Waals surface area contributed by atoms with Gasteiger partial charge in [0.2, 0.25) is 0 Å². The van der Waals surface area contributed by atoms with Gasteiger partial charge in [-0.2, -0.15) is 0 Å². The summed E-state index contributed by atoms with van der Waals surface area (Å²) in [5.41, 5.74) is 1.83. The van der Waals surface area contributed by atoms with Crippen LogP contribution in [0.5, 0.6) is 0 Å². The minimum absolute atomic E-state index is 0.113. The summed E-state index contributed by atoms with van der Waals surface area (Å²) in [6, 6.07) is 7.71. The first-order chi connectivity index (χ1) is 7.68. The lowest BCUT2D eigenvalue weighted by atomic mass is 10.1. The molecule has 16 heavy (non-hydrogen) atoms. The normalized spacial score (nSPS) is 20.9. The van der Waals surface area contributed by atoms with Crippen molar-refractivity contribution >= 4 is 17.5 Å². The fraction of sp³-hybridized carbons (Fsp3) is 0.462. The SMILES string of the molecule is Cc1ccccc1C(=O)N1CCCC(Cl)C1. The van der Waals surface area contributed by atoms with E-state index in [2.05, 4.69) is 0 Å². The molecule has 3 heteroatoms. The number of aryl methyl sites for hydroxylation is 1. The molecule has 1 unspecified atom stereocenters. The van der Waals surface area contributed by atoms with Crippen LogP contribution in [0.4, 0.5) is 0 Å². The summed E-state index contributed by atoms with van der Waals surface area (Å²) in [7, 11) is 0. The van der Waals surface area contributed by atoms with Gasteiger partial charge >= 0.3 is 0 Å². The number of carbonyl (C=O) groups excluding carboxylic acids is 1. The van der Waals surface area contributed by atoms with Crippen LogP contribution in [0.1, 0.15) is 28.8 Å². The van der Waals surface area contributed by atoms with Gasteiger partial charge in [-0.15, -0.1) is 11.6 Å². The Balaban J connectivity index is 2.16. The van der Waals surface area contributed by atoms with Crippen LogP contribution in [0.3, 0.4) is 0 Å². The highest BCUT2D eigenvalue weighted by Crippen LogP contribution is 2.18. The van der Waals surface area contributed by atoms with E-state index in [-0.39, 0.29) is 11.3 Å². The Kier molecular flexibility index (Phi) is 3.49. The zero-order chi connectivity index (χ0) is 11.5. The molecule has 0 N–H and O–H groups in total. The maximum Gasteiger partial charge on any atom is 0.254 e. The van der Waals surface area contributed by atoms with Crippen LogP contribution in [-0.4, -0.2) is 29.3 Å². The lowest BCUT2D eigenvalue weighted by Gasteiger charge is -2.30. The number of amides is 1. The molecule has 1 aromatic rings. The van der Waals surface area contributed by atoms with Crippen LogP contribution in [0.25, 0.3) is 0 Å². The van der Waals surface area contributed by atoms with Crippen molar-refractivity contribution in [1.29, 1.82) is 0 Å². The predicted octanol–water partition coefficient (Wildman–Crippen LogP) is 2.84. The van der Waals surface area contributed by atoms with Crippen molar-refractivity contribution in [3.05, 3.63) is 35.4 Å². The van der Waals surface area contributed by atoms with E-state index in [4.69, 9.17) is 11.6 Å². The van der Waals surface area contributed by atoms with Gasteiger partial charge in [0.1, 0.15) is 0 Å². The molecule has 1 aliphatic heterocycles. The zero-order valence-corrected chi connectivity index (χ0v) is 10.2. The first kappa shape index (κ1) is 11.5. The molecule has 1 aliphatic rings. The van der Waals surface area contributed by atoms with Gasteiger partial charge in [-0.1, -0.05) is 18.2 Å². The molecular weight excluding hydrogens is 222 g/mol. The van der Waals surface area contributed by atoms with Crippen LogP contribution in [0.15, 0.2) is 24.3 Å². The summed E-state index contributed by atoms with van der Waals surface area (Å²) in [6.07, 6.45) is 2.02. The monoisotopic (exact) mass is 237 g/mol. The summed E-state index contributed by atoms with van der Waals surface area (Å²) >= 11 is 6.09. The smallest absolute Gasteiger partial charge is 0.254 e. The van der Waals surface area contributed by atoms with Crippen LogP contribution in [0.2, 0.25) is 0 Å². The molecule has 0 aliphatic carbocycles. The molecule has 86 valence electrons. The van der Waals surface area contributed by atoms with E-state index in [1.807, 2.05) is 36.1 Å².